The lowest BCUT2D eigenvalue weighted by Gasteiger charge is -1.87. The van der Waals surface area contributed by atoms with E-state index in [9.17, 15) is 4.79 Å². The number of rotatable bonds is 2. The van der Waals surface area contributed by atoms with Crippen LogP contribution in [0.2, 0.25) is 0 Å². The Kier molecular flexibility index (Phi) is 13.6. The molecule has 0 aliphatic rings. The molecular weight excluding hydrogens is 132 g/mol. The summed E-state index contributed by atoms with van der Waals surface area (Å²) >= 11 is 0. The summed E-state index contributed by atoms with van der Waals surface area (Å²) in [5, 5.41) is 2.35. The Balaban J connectivity index is 0. The van der Waals surface area contributed by atoms with Crippen molar-refractivity contribution in [3.8, 4) is 0 Å². The molecule has 4 nitrogen and oxygen atoms in total. The second kappa shape index (κ2) is 11.2. The third-order valence-electron chi connectivity index (χ3n) is 0.753. The van der Waals surface area contributed by atoms with Crippen LogP contribution in [0.25, 0.3) is 0 Å². The average Bonchev–Trinajstić information content (AvgIpc) is 2.03. The highest BCUT2D eigenvalue weighted by molar-refractivity contribution is 5.77. The lowest BCUT2D eigenvalue weighted by molar-refractivity contribution is -0.119. The number of methoxy groups -OCH3 is 1. The molecule has 0 saturated heterocycles. The van der Waals surface area contributed by atoms with Crippen LogP contribution in [-0.4, -0.2) is 33.2 Å². The summed E-state index contributed by atoms with van der Waals surface area (Å²) in [6.45, 7) is 2.86. The molecule has 0 aliphatic carbocycles. The minimum Gasteiger partial charge on any atom is -0.385 e. The van der Waals surface area contributed by atoms with Crippen LogP contribution in [0.15, 0.2) is 0 Å². The van der Waals surface area contributed by atoms with Gasteiger partial charge in [0, 0.05) is 20.8 Å². The lowest BCUT2D eigenvalue weighted by Crippen LogP contribution is -2.26. The maximum atomic E-state index is 9.94. The van der Waals surface area contributed by atoms with Gasteiger partial charge in [0.25, 0.3) is 0 Å². The number of carbonyl (C=O) groups is 1. The number of nitrogens with two attached hydrogens (primary N) is 1. The molecule has 3 N–H and O–H groups in total. The maximum Gasteiger partial charge on any atom is 0.233 e. The second-order valence-electron chi connectivity index (χ2n) is 1.45. The minimum absolute atomic E-state index is 0.0799. The van der Waals surface area contributed by atoms with Gasteiger partial charge in [-0.05, 0) is 6.92 Å². The molecule has 4 heteroatoms. The zero-order valence-corrected chi connectivity index (χ0v) is 6.81. The van der Waals surface area contributed by atoms with Crippen LogP contribution in [0.3, 0.4) is 0 Å². The van der Waals surface area contributed by atoms with Gasteiger partial charge in [-0.3, -0.25) is 4.79 Å². The lowest BCUT2D eigenvalue weighted by atomic mass is 10.6. The van der Waals surface area contributed by atoms with Gasteiger partial charge in [-0.1, -0.05) is 0 Å². The molecule has 0 fully saturated rings. The summed E-state index contributed by atoms with van der Waals surface area (Å²) in [7, 11) is 3.23. The SMILES string of the molecule is CCOC.CNC(=O)CN. The van der Waals surface area contributed by atoms with Crippen molar-refractivity contribution in [3.05, 3.63) is 0 Å². The topological polar surface area (TPSA) is 64.3 Å². The van der Waals surface area contributed by atoms with Gasteiger partial charge in [-0.25, -0.2) is 0 Å². The van der Waals surface area contributed by atoms with Crippen LogP contribution >= 0.6 is 0 Å². The summed E-state index contributed by atoms with van der Waals surface area (Å²) in [5.74, 6) is -0.130. The van der Waals surface area contributed by atoms with E-state index < -0.39 is 0 Å². The highest BCUT2D eigenvalue weighted by atomic mass is 16.5. The monoisotopic (exact) mass is 148 g/mol. The first-order chi connectivity index (χ1) is 4.72. The standard InChI is InChI=1S/C3H8N2O.C3H8O/c1-5-3(6)2-4;1-3-4-2/h2,4H2,1H3,(H,5,6);3H2,1-2H3. The molecule has 0 atom stereocenters. The average molecular weight is 148 g/mol. The number of carbonyl (C=O) groups excluding carboxylic acids is 1. The maximum absolute atomic E-state index is 9.94. The van der Waals surface area contributed by atoms with Gasteiger partial charge < -0.3 is 15.8 Å². The zero-order chi connectivity index (χ0) is 8.41. The first-order valence-corrected chi connectivity index (χ1v) is 3.12. The molecule has 0 heterocycles. The molecule has 0 aromatic carbocycles. The summed E-state index contributed by atoms with van der Waals surface area (Å²) in [5.41, 5.74) is 4.87. The third-order valence-corrected chi connectivity index (χ3v) is 0.753. The van der Waals surface area contributed by atoms with Gasteiger partial charge >= 0.3 is 0 Å². The molecule has 0 aromatic heterocycles. The Morgan fingerprint density at radius 2 is 2.10 bits per heavy atom. The van der Waals surface area contributed by atoms with Crippen LogP contribution in [0, 0.1) is 0 Å². The van der Waals surface area contributed by atoms with E-state index in [2.05, 4.69) is 10.1 Å². The molecule has 0 unspecified atom stereocenters. The predicted octanol–water partition coefficient (Wildman–Crippen LogP) is -0.656. The van der Waals surface area contributed by atoms with Crippen LogP contribution < -0.4 is 11.1 Å². The predicted molar refractivity (Wildman–Crippen MR) is 40.7 cm³/mol. The molecule has 0 aromatic rings. The fourth-order valence-electron chi connectivity index (χ4n) is 0.102. The highest BCUT2D eigenvalue weighted by Gasteiger charge is 1.84. The number of hydrogen-bond donors (Lipinski definition) is 2. The molecule has 1 amide bonds. The molecule has 0 aliphatic heterocycles. The van der Waals surface area contributed by atoms with E-state index in [4.69, 9.17) is 5.73 Å². The van der Waals surface area contributed by atoms with Gasteiger partial charge in [0.1, 0.15) is 0 Å². The Morgan fingerprint density at radius 3 is 2.10 bits per heavy atom. The van der Waals surface area contributed by atoms with E-state index in [0.717, 1.165) is 6.61 Å². The van der Waals surface area contributed by atoms with Crippen LogP contribution in [-0.2, 0) is 9.53 Å². The Hall–Kier alpha value is -0.610. The fourth-order valence-corrected chi connectivity index (χ4v) is 0.102. The van der Waals surface area contributed by atoms with Crippen molar-refractivity contribution in [3.63, 3.8) is 0 Å². The van der Waals surface area contributed by atoms with E-state index in [0.29, 0.717) is 0 Å². The summed E-state index contributed by atoms with van der Waals surface area (Å²) in [4.78, 5) is 9.94. The van der Waals surface area contributed by atoms with Crippen LogP contribution in [0.5, 0.6) is 0 Å². The van der Waals surface area contributed by atoms with Crippen molar-refractivity contribution in [1.29, 1.82) is 0 Å². The number of nitrogens with one attached hydrogen (secondary N) is 1. The van der Waals surface area contributed by atoms with Crippen molar-refractivity contribution < 1.29 is 9.53 Å². The van der Waals surface area contributed by atoms with Gasteiger partial charge in [-0.15, -0.1) is 0 Å². The van der Waals surface area contributed by atoms with E-state index in [1.54, 1.807) is 14.2 Å². The smallest absolute Gasteiger partial charge is 0.233 e. The molecular formula is C6H16N2O2. The van der Waals surface area contributed by atoms with Crippen molar-refractivity contribution in [2.24, 2.45) is 5.73 Å². The Bertz CT molecular complexity index is 68.1. The van der Waals surface area contributed by atoms with Crippen molar-refractivity contribution in [1.82, 2.24) is 5.32 Å². The van der Waals surface area contributed by atoms with Crippen molar-refractivity contribution >= 4 is 5.91 Å². The Morgan fingerprint density at radius 1 is 1.70 bits per heavy atom. The molecule has 0 saturated carbocycles. The second-order valence-corrected chi connectivity index (χ2v) is 1.45. The molecule has 0 bridgehead atoms. The third kappa shape index (κ3) is 15.7. The number of amides is 1. The summed E-state index contributed by atoms with van der Waals surface area (Å²) in [6.07, 6.45) is 0. The number of ether oxygens (including phenoxy) is 1. The van der Waals surface area contributed by atoms with E-state index >= 15 is 0 Å². The molecule has 10 heavy (non-hydrogen) atoms. The molecule has 0 radical (unpaired) electrons. The largest absolute Gasteiger partial charge is 0.385 e. The van der Waals surface area contributed by atoms with Crippen molar-refractivity contribution in [2.75, 3.05) is 27.3 Å². The number of hydrogen-bond acceptors (Lipinski definition) is 3. The summed E-state index contributed by atoms with van der Waals surface area (Å²) < 4.78 is 4.54. The Labute approximate surface area is 61.7 Å². The first kappa shape index (κ1) is 12.1. The van der Waals surface area contributed by atoms with E-state index in [1.807, 2.05) is 6.92 Å². The van der Waals surface area contributed by atoms with Crippen LogP contribution in [0.4, 0.5) is 0 Å². The van der Waals surface area contributed by atoms with Crippen molar-refractivity contribution in [2.45, 2.75) is 6.92 Å². The fraction of sp³-hybridized carbons (Fsp3) is 0.833. The molecule has 62 valence electrons. The quantitative estimate of drug-likeness (QED) is 0.546. The highest BCUT2D eigenvalue weighted by Crippen LogP contribution is 1.52. The molecule has 0 rings (SSSR count). The first-order valence-electron chi connectivity index (χ1n) is 3.12. The normalized spacial score (nSPS) is 7.60. The van der Waals surface area contributed by atoms with E-state index in [1.165, 1.54) is 0 Å². The number of likely N-dealkylation sites (N-methyl/N-ethyl adjacent to an activating group) is 1. The van der Waals surface area contributed by atoms with E-state index in [-0.39, 0.29) is 12.5 Å². The zero-order valence-electron chi connectivity index (χ0n) is 6.81. The molecule has 0 spiro atoms. The minimum atomic E-state index is -0.130. The summed E-state index contributed by atoms with van der Waals surface area (Å²) in [6, 6.07) is 0. The van der Waals surface area contributed by atoms with Gasteiger partial charge in [0.05, 0.1) is 6.54 Å². The van der Waals surface area contributed by atoms with Gasteiger partial charge in [0.2, 0.25) is 5.91 Å². The van der Waals surface area contributed by atoms with Gasteiger partial charge in [-0.2, -0.15) is 0 Å². The van der Waals surface area contributed by atoms with Crippen LogP contribution in [0.1, 0.15) is 6.92 Å². The van der Waals surface area contributed by atoms with Gasteiger partial charge in [0.15, 0.2) is 0 Å².